The number of Topliss-reactive ketones (excluding diaryl/α,β-unsaturated/α-hetero) is 1. The van der Waals surface area contributed by atoms with Gasteiger partial charge in [0, 0.05) is 56.8 Å². The number of rotatable bonds is 12. The van der Waals surface area contributed by atoms with Crippen molar-refractivity contribution in [1.29, 1.82) is 0 Å². The van der Waals surface area contributed by atoms with Crippen LogP contribution < -0.4 is 0 Å². The standard InChI is InChI=1S/C50H72O15/c1-27(51)34-18-21-50(56)48(34,6)39(63-40(53)15-14-31-12-10-9-11-13-31)26-38-47(5)19-17-33(22-32(47)16-20-49(38,50)55)62-42-25-37(58-8)46(30(4)61-42)65-41-23-35(52)45(29(3)60-41)64-43-24-36(57-7)44(54)28(2)59-43/h9-16,28-30,33-39,41-46,52,54-56H,17-26H2,1-8H3/b15-14+/t28-,29-,30-,33+,34+,35+,36+,37+,38-,39-,41+,42+,43+,44-,45-,46-,47+,48+,49+,50-/m1/s1. The highest BCUT2D eigenvalue weighted by Crippen LogP contribution is 2.70. The molecule has 0 aromatic heterocycles. The lowest BCUT2D eigenvalue weighted by Crippen LogP contribution is -2.75. The van der Waals surface area contributed by atoms with Gasteiger partial charge in [0.2, 0.25) is 0 Å². The Morgan fingerprint density at radius 2 is 1.42 bits per heavy atom. The van der Waals surface area contributed by atoms with E-state index < -0.39 is 120 Å². The Labute approximate surface area is 383 Å². The summed E-state index contributed by atoms with van der Waals surface area (Å²) in [6.07, 6.45) is 0.833. The summed E-state index contributed by atoms with van der Waals surface area (Å²) in [5, 5.41) is 47.4. The number of carbonyl (C=O) groups is 2. The lowest BCUT2D eigenvalue weighted by Gasteiger charge is -2.66. The van der Waals surface area contributed by atoms with Gasteiger partial charge in [-0.05, 0) is 89.7 Å². The molecule has 15 nitrogen and oxygen atoms in total. The third-order valence-corrected chi connectivity index (χ3v) is 16.9. The van der Waals surface area contributed by atoms with Gasteiger partial charge in [0.05, 0.1) is 42.7 Å². The lowest BCUT2D eigenvalue weighted by molar-refractivity contribution is -0.337. The van der Waals surface area contributed by atoms with Crippen LogP contribution in [0.3, 0.4) is 0 Å². The highest BCUT2D eigenvalue weighted by atomic mass is 16.7. The number of carbonyl (C=O) groups excluding carboxylic acids is 2. The van der Waals surface area contributed by atoms with E-state index in [1.54, 1.807) is 20.1 Å². The van der Waals surface area contributed by atoms with Gasteiger partial charge in [-0.2, -0.15) is 0 Å². The van der Waals surface area contributed by atoms with Gasteiger partial charge in [0.15, 0.2) is 18.9 Å². The number of benzene rings is 1. The molecule has 6 fully saturated rings. The van der Waals surface area contributed by atoms with Crippen LogP contribution in [0, 0.1) is 22.7 Å². The number of methoxy groups -OCH3 is 2. The van der Waals surface area contributed by atoms with Crippen LogP contribution >= 0.6 is 0 Å². The van der Waals surface area contributed by atoms with E-state index in [4.69, 9.17) is 42.6 Å². The second-order valence-corrected chi connectivity index (χ2v) is 20.4. The van der Waals surface area contributed by atoms with E-state index in [-0.39, 0.29) is 31.1 Å². The minimum absolute atomic E-state index is 0.0882. The summed E-state index contributed by atoms with van der Waals surface area (Å²) in [5.74, 6) is -1.68. The summed E-state index contributed by atoms with van der Waals surface area (Å²) < 4.78 is 55.6. The van der Waals surface area contributed by atoms with Gasteiger partial charge in [0.1, 0.15) is 41.4 Å². The molecule has 15 heteroatoms. The van der Waals surface area contributed by atoms with Crippen molar-refractivity contribution in [2.45, 2.75) is 203 Å². The van der Waals surface area contributed by atoms with Gasteiger partial charge in [0.25, 0.3) is 0 Å². The molecule has 3 saturated heterocycles. The zero-order chi connectivity index (χ0) is 46.6. The molecule has 65 heavy (non-hydrogen) atoms. The molecule has 7 aliphatic rings. The average molecular weight is 913 g/mol. The molecule has 0 spiro atoms. The molecular weight excluding hydrogens is 841 g/mol. The Morgan fingerprint density at radius 3 is 2.09 bits per heavy atom. The van der Waals surface area contributed by atoms with Crippen LogP contribution in [0.25, 0.3) is 6.08 Å². The minimum atomic E-state index is -1.68. The first-order valence-corrected chi connectivity index (χ1v) is 23.8. The van der Waals surface area contributed by atoms with Crippen LogP contribution in [0.4, 0.5) is 0 Å². The lowest BCUT2D eigenvalue weighted by atomic mass is 9.43. The van der Waals surface area contributed by atoms with Crippen molar-refractivity contribution in [1.82, 2.24) is 0 Å². The molecule has 0 amide bonds. The predicted octanol–water partition coefficient (Wildman–Crippen LogP) is 4.93. The Morgan fingerprint density at radius 1 is 0.785 bits per heavy atom. The molecule has 3 saturated carbocycles. The van der Waals surface area contributed by atoms with Crippen LogP contribution in [-0.2, 0) is 52.2 Å². The molecule has 3 aliphatic heterocycles. The molecule has 0 bridgehead atoms. The summed E-state index contributed by atoms with van der Waals surface area (Å²) in [5.41, 5.74) is -2.99. The maximum Gasteiger partial charge on any atom is 0.331 e. The largest absolute Gasteiger partial charge is 0.458 e. The van der Waals surface area contributed by atoms with Gasteiger partial charge in [-0.3, -0.25) is 4.79 Å². The number of aliphatic hydroxyl groups excluding tert-OH is 2. The highest BCUT2D eigenvalue weighted by Gasteiger charge is 2.77. The number of ketones is 1. The summed E-state index contributed by atoms with van der Waals surface area (Å²) >= 11 is 0. The third kappa shape index (κ3) is 8.84. The van der Waals surface area contributed by atoms with Gasteiger partial charge in [-0.1, -0.05) is 55.8 Å². The highest BCUT2D eigenvalue weighted by molar-refractivity contribution is 5.87. The monoisotopic (exact) mass is 912 g/mol. The van der Waals surface area contributed by atoms with Crippen molar-refractivity contribution >= 4 is 17.8 Å². The van der Waals surface area contributed by atoms with Crippen LogP contribution in [0.2, 0.25) is 0 Å². The van der Waals surface area contributed by atoms with Crippen LogP contribution in [0.15, 0.2) is 48.1 Å². The number of hydrogen-bond donors (Lipinski definition) is 4. The smallest absolute Gasteiger partial charge is 0.331 e. The van der Waals surface area contributed by atoms with Crippen molar-refractivity contribution < 1.29 is 72.6 Å². The fourth-order valence-corrected chi connectivity index (χ4v) is 13.2. The van der Waals surface area contributed by atoms with Crippen molar-refractivity contribution in [3.8, 4) is 0 Å². The molecule has 4 aliphatic carbocycles. The second-order valence-electron chi connectivity index (χ2n) is 20.4. The van der Waals surface area contributed by atoms with E-state index in [0.29, 0.717) is 44.9 Å². The van der Waals surface area contributed by atoms with Crippen molar-refractivity contribution in [2.75, 3.05) is 14.2 Å². The average Bonchev–Trinajstić information content (AvgIpc) is 3.57. The molecule has 20 atom stereocenters. The molecule has 0 unspecified atom stereocenters. The van der Waals surface area contributed by atoms with Crippen LogP contribution in [0.1, 0.15) is 111 Å². The van der Waals surface area contributed by atoms with E-state index in [2.05, 4.69) is 13.0 Å². The maximum absolute atomic E-state index is 13.5. The molecule has 0 radical (unpaired) electrons. The summed E-state index contributed by atoms with van der Waals surface area (Å²) in [6, 6.07) is 9.45. The van der Waals surface area contributed by atoms with Gasteiger partial charge >= 0.3 is 5.97 Å². The van der Waals surface area contributed by atoms with Gasteiger partial charge < -0.3 is 63.1 Å². The molecule has 8 rings (SSSR count). The SMILES string of the molecule is CO[C@H]1C[C@H](O[C@H]2[C@@H](O)C[C@H](O[C@H]3[C@@H](OC)C[C@H](O[C@H]4CC[C@@]5(C)C(=CC[C@]6(O)[C@@H]5C[C@@H](OC(=O)/C=C/c5ccccc5)[C@]5(C)[C@H](C(C)=O)CC[C@@]56O)C4)O[C@@H]3C)O[C@@H]2C)O[C@H](C)[C@H]1O. The Balaban J connectivity index is 0.906. The molecule has 1 aromatic rings. The number of fused-ring (bicyclic) bond motifs is 5. The molecule has 4 N–H and O–H groups in total. The fourth-order valence-electron chi connectivity index (χ4n) is 13.2. The molecule has 3 heterocycles. The minimum Gasteiger partial charge on any atom is -0.458 e. The van der Waals surface area contributed by atoms with Crippen molar-refractivity contribution in [2.24, 2.45) is 22.7 Å². The summed E-state index contributed by atoms with van der Waals surface area (Å²) in [6.45, 7) is 11.0. The predicted molar refractivity (Wildman–Crippen MR) is 235 cm³/mol. The Bertz CT molecular complexity index is 1900. The number of aliphatic hydroxyl groups is 4. The molecule has 362 valence electrons. The van der Waals surface area contributed by atoms with E-state index in [0.717, 1.165) is 11.1 Å². The second kappa shape index (κ2) is 19.0. The fraction of sp³-hybridized carbons (Fsp3) is 0.760. The van der Waals surface area contributed by atoms with Gasteiger partial charge in [-0.25, -0.2) is 4.79 Å². The summed E-state index contributed by atoms with van der Waals surface area (Å²) in [7, 11) is 3.17. The normalized spacial score (nSPS) is 47.6. The van der Waals surface area contributed by atoms with Crippen molar-refractivity contribution in [3.63, 3.8) is 0 Å². The van der Waals surface area contributed by atoms with Crippen LogP contribution in [0.5, 0.6) is 0 Å². The Kier molecular flexibility index (Phi) is 14.3. The van der Waals surface area contributed by atoms with Crippen LogP contribution in [-0.4, -0.2) is 144 Å². The van der Waals surface area contributed by atoms with E-state index in [9.17, 15) is 30.0 Å². The van der Waals surface area contributed by atoms with Gasteiger partial charge in [-0.15, -0.1) is 0 Å². The maximum atomic E-state index is 13.5. The first-order valence-electron chi connectivity index (χ1n) is 23.8. The molecular formula is C50H72O15. The number of ether oxygens (including phenoxy) is 9. The zero-order valence-corrected chi connectivity index (χ0v) is 39.2. The number of hydrogen-bond acceptors (Lipinski definition) is 15. The Hall–Kier alpha value is -2.64. The first-order chi connectivity index (χ1) is 30.8. The zero-order valence-electron chi connectivity index (χ0n) is 39.2. The quantitative estimate of drug-likeness (QED) is 0.125. The number of esters is 1. The first kappa shape index (κ1) is 48.8. The summed E-state index contributed by atoms with van der Waals surface area (Å²) in [4.78, 5) is 26.7. The molecule has 1 aromatic carbocycles. The van der Waals surface area contributed by atoms with E-state index in [1.807, 2.05) is 51.1 Å². The van der Waals surface area contributed by atoms with E-state index >= 15 is 0 Å². The third-order valence-electron chi connectivity index (χ3n) is 16.9. The topological polar surface area (TPSA) is 198 Å². The van der Waals surface area contributed by atoms with Crippen molar-refractivity contribution in [3.05, 3.63) is 53.6 Å². The van der Waals surface area contributed by atoms with E-state index in [1.165, 1.54) is 20.1 Å².